The third-order valence-electron chi connectivity index (χ3n) is 3.46. The number of ether oxygens (including phenoxy) is 2. The molecule has 0 bridgehead atoms. The molecule has 1 aromatic carbocycles. The van der Waals surface area contributed by atoms with E-state index in [2.05, 4.69) is 26.7 Å². The van der Waals surface area contributed by atoms with Gasteiger partial charge in [-0.2, -0.15) is 0 Å². The Morgan fingerprint density at radius 3 is 2.76 bits per heavy atom. The number of methoxy groups -OCH3 is 1. The molecule has 1 heterocycles. The summed E-state index contributed by atoms with van der Waals surface area (Å²) in [6.45, 7) is 3.71. The van der Waals surface area contributed by atoms with Crippen LogP contribution in [0.2, 0.25) is 5.02 Å². The molecule has 0 spiro atoms. The van der Waals surface area contributed by atoms with Crippen LogP contribution in [0.25, 0.3) is 0 Å². The summed E-state index contributed by atoms with van der Waals surface area (Å²) in [6.07, 6.45) is 1.56. The quantitative estimate of drug-likeness (QED) is 0.450. The molecule has 0 aliphatic rings. The van der Waals surface area contributed by atoms with Gasteiger partial charge in [-0.25, -0.2) is 4.98 Å². The molecular formula is C18H23ClN4O2. The van der Waals surface area contributed by atoms with Crippen molar-refractivity contribution in [3.63, 3.8) is 0 Å². The molecule has 0 aliphatic heterocycles. The molecule has 0 saturated heterocycles. The van der Waals surface area contributed by atoms with Gasteiger partial charge in [-0.1, -0.05) is 23.7 Å². The Balaban J connectivity index is 1.76. The Morgan fingerprint density at radius 2 is 2.08 bits per heavy atom. The average molecular weight is 363 g/mol. The highest BCUT2D eigenvalue weighted by Gasteiger charge is 2.05. The van der Waals surface area contributed by atoms with E-state index in [0.29, 0.717) is 36.6 Å². The highest BCUT2D eigenvalue weighted by molar-refractivity contribution is 6.30. The van der Waals surface area contributed by atoms with Crippen LogP contribution in [0, 0.1) is 6.92 Å². The minimum Gasteiger partial charge on any atom is -0.496 e. The summed E-state index contributed by atoms with van der Waals surface area (Å²) in [4.78, 5) is 8.27. The second-order valence-electron chi connectivity index (χ2n) is 5.33. The Hall–Kier alpha value is -2.47. The van der Waals surface area contributed by atoms with Gasteiger partial charge in [0.2, 0.25) is 5.88 Å². The van der Waals surface area contributed by atoms with Gasteiger partial charge in [0, 0.05) is 31.4 Å². The number of nitrogens with one attached hydrogen (secondary N) is 2. The predicted octanol–water partition coefficient (Wildman–Crippen LogP) is 2.80. The number of aliphatic imine (C=N–C) groups is 1. The smallest absolute Gasteiger partial charge is 0.213 e. The van der Waals surface area contributed by atoms with Crippen molar-refractivity contribution < 1.29 is 9.47 Å². The lowest BCUT2D eigenvalue weighted by molar-refractivity contribution is 0.309. The number of pyridine rings is 1. The molecule has 25 heavy (non-hydrogen) atoms. The van der Waals surface area contributed by atoms with Crippen molar-refractivity contribution in [2.24, 2.45) is 4.99 Å². The van der Waals surface area contributed by atoms with E-state index in [0.717, 1.165) is 16.9 Å². The fraction of sp³-hybridized carbons (Fsp3) is 0.333. The first-order chi connectivity index (χ1) is 12.1. The third kappa shape index (κ3) is 6.15. The highest BCUT2D eigenvalue weighted by Crippen LogP contribution is 2.19. The van der Waals surface area contributed by atoms with Gasteiger partial charge in [0.15, 0.2) is 5.96 Å². The Morgan fingerprint density at radius 1 is 1.24 bits per heavy atom. The molecule has 0 saturated carbocycles. The summed E-state index contributed by atoms with van der Waals surface area (Å²) >= 11 is 5.79. The maximum Gasteiger partial charge on any atom is 0.213 e. The maximum absolute atomic E-state index is 5.79. The lowest BCUT2D eigenvalue weighted by atomic mass is 10.1. The van der Waals surface area contributed by atoms with Crippen molar-refractivity contribution in [1.82, 2.24) is 15.6 Å². The van der Waals surface area contributed by atoms with E-state index in [1.54, 1.807) is 32.5 Å². The summed E-state index contributed by atoms with van der Waals surface area (Å²) in [6, 6.07) is 9.60. The molecule has 2 rings (SSSR count). The van der Waals surface area contributed by atoms with Crippen LogP contribution in [-0.4, -0.2) is 38.3 Å². The van der Waals surface area contributed by atoms with Crippen LogP contribution in [0.5, 0.6) is 11.6 Å². The molecular weight excluding hydrogens is 340 g/mol. The normalized spacial score (nSPS) is 11.1. The first-order valence-corrected chi connectivity index (χ1v) is 8.32. The number of guanidine groups is 1. The van der Waals surface area contributed by atoms with Gasteiger partial charge < -0.3 is 20.1 Å². The van der Waals surface area contributed by atoms with Gasteiger partial charge >= 0.3 is 0 Å². The molecule has 6 nitrogen and oxygen atoms in total. The zero-order chi connectivity index (χ0) is 18.1. The van der Waals surface area contributed by atoms with E-state index in [1.165, 1.54) is 0 Å². The van der Waals surface area contributed by atoms with E-state index in [-0.39, 0.29) is 0 Å². The number of halogens is 1. The molecule has 0 atom stereocenters. The van der Waals surface area contributed by atoms with Gasteiger partial charge in [0.25, 0.3) is 0 Å². The van der Waals surface area contributed by atoms with Crippen molar-refractivity contribution in [1.29, 1.82) is 0 Å². The summed E-state index contributed by atoms with van der Waals surface area (Å²) in [7, 11) is 3.40. The maximum atomic E-state index is 5.79. The number of hydrogen-bond acceptors (Lipinski definition) is 4. The van der Waals surface area contributed by atoms with Crippen LogP contribution in [0.1, 0.15) is 11.1 Å². The number of benzene rings is 1. The molecule has 2 aromatic rings. The second-order valence-corrected chi connectivity index (χ2v) is 5.77. The number of rotatable bonds is 7. The van der Waals surface area contributed by atoms with Gasteiger partial charge in [0.05, 0.1) is 18.7 Å². The summed E-state index contributed by atoms with van der Waals surface area (Å²) in [5, 5.41) is 7.03. The van der Waals surface area contributed by atoms with Crippen molar-refractivity contribution >= 4 is 17.6 Å². The summed E-state index contributed by atoms with van der Waals surface area (Å²) < 4.78 is 10.9. The fourth-order valence-electron chi connectivity index (χ4n) is 2.17. The van der Waals surface area contributed by atoms with Crippen molar-refractivity contribution in [2.45, 2.75) is 13.5 Å². The number of aromatic nitrogens is 1. The van der Waals surface area contributed by atoms with Gasteiger partial charge in [-0.3, -0.25) is 4.99 Å². The minimum absolute atomic E-state index is 0.461. The molecule has 1 aromatic heterocycles. The van der Waals surface area contributed by atoms with E-state index in [4.69, 9.17) is 21.1 Å². The number of aryl methyl sites for hydroxylation is 1. The van der Waals surface area contributed by atoms with Crippen LogP contribution < -0.4 is 20.1 Å². The van der Waals surface area contributed by atoms with Crippen LogP contribution in [0.15, 0.2) is 41.5 Å². The molecule has 0 aliphatic carbocycles. The highest BCUT2D eigenvalue weighted by atomic mass is 35.5. The average Bonchev–Trinajstić information content (AvgIpc) is 2.63. The Bertz CT molecular complexity index is 705. The third-order valence-corrected chi connectivity index (χ3v) is 3.68. The first-order valence-electron chi connectivity index (χ1n) is 7.94. The largest absolute Gasteiger partial charge is 0.496 e. The first kappa shape index (κ1) is 18.9. The number of nitrogens with zero attached hydrogens (tertiary/aromatic N) is 2. The standard InChI is InChI=1S/C18H23ClN4O2/c1-13-4-5-14(16(10-13)24-3)11-23-18(20-2)21-8-9-25-17-7-6-15(19)12-22-17/h4-7,10,12H,8-9,11H2,1-3H3,(H2,20,21,23). The predicted molar refractivity (Wildman–Crippen MR) is 101 cm³/mol. The van der Waals surface area contributed by atoms with E-state index < -0.39 is 0 Å². The van der Waals surface area contributed by atoms with Crippen molar-refractivity contribution in [2.75, 3.05) is 27.3 Å². The Labute approximate surface area is 153 Å². The topological polar surface area (TPSA) is 67.8 Å². The lowest BCUT2D eigenvalue weighted by Gasteiger charge is -2.14. The van der Waals surface area contributed by atoms with Crippen LogP contribution in [0.3, 0.4) is 0 Å². The minimum atomic E-state index is 0.461. The van der Waals surface area contributed by atoms with E-state index in [1.807, 2.05) is 19.1 Å². The van der Waals surface area contributed by atoms with Gasteiger partial charge in [-0.15, -0.1) is 0 Å². The Kier molecular flexibility index (Phi) is 7.35. The van der Waals surface area contributed by atoms with Crippen LogP contribution in [0.4, 0.5) is 0 Å². The molecule has 2 N–H and O–H groups in total. The van der Waals surface area contributed by atoms with E-state index >= 15 is 0 Å². The zero-order valence-electron chi connectivity index (χ0n) is 14.7. The monoisotopic (exact) mass is 362 g/mol. The summed E-state index contributed by atoms with van der Waals surface area (Å²) in [5.41, 5.74) is 2.23. The number of hydrogen-bond donors (Lipinski definition) is 2. The van der Waals surface area contributed by atoms with Crippen LogP contribution in [-0.2, 0) is 6.54 Å². The lowest BCUT2D eigenvalue weighted by Crippen LogP contribution is -2.39. The zero-order valence-corrected chi connectivity index (χ0v) is 15.4. The molecule has 0 radical (unpaired) electrons. The second kappa shape index (κ2) is 9.74. The molecule has 0 fully saturated rings. The van der Waals surface area contributed by atoms with E-state index in [9.17, 15) is 0 Å². The molecule has 7 heteroatoms. The fourth-order valence-corrected chi connectivity index (χ4v) is 2.28. The van der Waals surface area contributed by atoms with Crippen molar-refractivity contribution in [3.05, 3.63) is 52.7 Å². The molecule has 134 valence electrons. The van der Waals surface area contributed by atoms with Gasteiger partial charge in [-0.05, 0) is 24.6 Å². The van der Waals surface area contributed by atoms with Crippen LogP contribution >= 0.6 is 11.6 Å². The van der Waals surface area contributed by atoms with Gasteiger partial charge in [0.1, 0.15) is 12.4 Å². The van der Waals surface area contributed by atoms with Crippen molar-refractivity contribution in [3.8, 4) is 11.6 Å². The molecule has 0 amide bonds. The SMILES string of the molecule is CN=C(NCCOc1ccc(Cl)cn1)NCc1ccc(C)cc1OC. The summed E-state index contributed by atoms with van der Waals surface area (Å²) in [5.74, 6) is 2.09. The molecule has 0 unspecified atom stereocenters.